The van der Waals surface area contributed by atoms with Crippen molar-refractivity contribution >= 4 is 35.6 Å². The maximum Gasteiger partial charge on any atom is 0.255 e. The zero-order valence-electron chi connectivity index (χ0n) is 5.56. The van der Waals surface area contributed by atoms with E-state index < -0.39 is 5.91 Å². The van der Waals surface area contributed by atoms with E-state index in [1.807, 2.05) is 0 Å². The predicted molar refractivity (Wildman–Crippen MR) is 49.7 cm³/mol. The maximum atomic E-state index is 10.5. The van der Waals surface area contributed by atoms with Gasteiger partial charge in [0.1, 0.15) is 0 Å². The molecule has 0 fully saturated rings. The molecule has 1 aliphatic rings. The van der Waals surface area contributed by atoms with Gasteiger partial charge in [0.15, 0.2) is 0 Å². The van der Waals surface area contributed by atoms with E-state index in [9.17, 15) is 4.79 Å². The Kier molecular flexibility index (Phi) is 4.65. The fraction of sp³-hybridized carbons (Fsp3) is 0. The Bertz CT molecular complexity index is 235. The standard InChI is InChI=1S/C6H6N2OS.ClH/c7-6(9)5-2-1-3-8-4-10-5;/h1-4H,(H2,7,9);1H. The second kappa shape index (κ2) is 4.98. The van der Waals surface area contributed by atoms with Gasteiger partial charge < -0.3 is 5.73 Å². The minimum Gasteiger partial charge on any atom is -0.365 e. The number of thioether (sulfide) groups is 1. The number of hydrogen-bond acceptors (Lipinski definition) is 3. The Labute approximate surface area is 74.9 Å². The molecule has 0 saturated heterocycles. The summed E-state index contributed by atoms with van der Waals surface area (Å²) in [7, 11) is 0. The second-order valence-corrected chi connectivity index (χ2v) is 2.50. The van der Waals surface area contributed by atoms with Gasteiger partial charge in [-0.15, -0.1) is 12.4 Å². The summed E-state index contributed by atoms with van der Waals surface area (Å²) in [5.74, 6) is -0.414. The molecule has 60 valence electrons. The Balaban J connectivity index is 0.000001000. The molecule has 1 heterocycles. The smallest absolute Gasteiger partial charge is 0.255 e. The summed E-state index contributed by atoms with van der Waals surface area (Å²) in [6.45, 7) is 0. The van der Waals surface area contributed by atoms with Crippen LogP contribution in [0.15, 0.2) is 28.2 Å². The Morgan fingerprint density at radius 1 is 1.64 bits per heavy atom. The van der Waals surface area contributed by atoms with Crippen LogP contribution in [0.3, 0.4) is 0 Å². The highest BCUT2D eigenvalue weighted by molar-refractivity contribution is 8.16. The van der Waals surface area contributed by atoms with Crippen LogP contribution in [0, 0.1) is 0 Å². The monoisotopic (exact) mass is 190 g/mol. The molecular formula is C6H7ClN2OS. The van der Waals surface area contributed by atoms with Gasteiger partial charge in [0.05, 0.1) is 10.5 Å². The first-order chi connectivity index (χ1) is 4.80. The lowest BCUT2D eigenvalue weighted by molar-refractivity contribution is -0.113. The van der Waals surface area contributed by atoms with Gasteiger partial charge in [-0.05, 0) is 12.2 Å². The molecule has 0 spiro atoms. The second-order valence-electron chi connectivity index (χ2n) is 1.61. The van der Waals surface area contributed by atoms with Crippen molar-refractivity contribution in [1.82, 2.24) is 0 Å². The third-order valence-electron chi connectivity index (χ3n) is 0.903. The van der Waals surface area contributed by atoms with Gasteiger partial charge in [-0.2, -0.15) is 0 Å². The van der Waals surface area contributed by atoms with Crippen LogP contribution in [-0.4, -0.2) is 11.5 Å². The van der Waals surface area contributed by atoms with Gasteiger partial charge in [0.2, 0.25) is 0 Å². The fourth-order valence-electron chi connectivity index (χ4n) is 0.482. The van der Waals surface area contributed by atoms with E-state index in [1.165, 1.54) is 11.8 Å². The maximum absolute atomic E-state index is 10.5. The van der Waals surface area contributed by atoms with Gasteiger partial charge in [0, 0.05) is 6.20 Å². The normalized spacial score (nSPS) is 14.7. The van der Waals surface area contributed by atoms with Gasteiger partial charge in [-0.1, -0.05) is 11.8 Å². The molecule has 5 heteroatoms. The third kappa shape index (κ3) is 3.25. The number of amides is 1. The van der Waals surface area contributed by atoms with Crippen LogP contribution in [0.5, 0.6) is 0 Å². The average molecular weight is 191 g/mol. The van der Waals surface area contributed by atoms with E-state index in [-0.39, 0.29) is 12.4 Å². The minimum atomic E-state index is -0.414. The molecular weight excluding hydrogens is 184 g/mol. The molecule has 0 bridgehead atoms. The lowest BCUT2D eigenvalue weighted by Gasteiger charge is -1.91. The Hall–Kier alpha value is -0.740. The molecule has 0 aliphatic carbocycles. The number of primary amides is 1. The lowest BCUT2D eigenvalue weighted by atomic mass is 10.4. The fourth-order valence-corrected chi connectivity index (χ4v) is 1.000. The molecule has 1 amide bonds. The number of allylic oxidation sites excluding steroid dienone is 2. The summed E-state index contributed by atoms with van der Waals surface area (Å²) in [4.78, 5) is 14.9. The average Bonchev–Trinajstić information content (AvgIpc) is 2.12. The number of carbonyl (C=O) groups is 1. The summed E-state index contributed by atoms with van der Waals surface area (Å²) in [5, 5.41) is 0. The van der Waals surface area contributed by atoms with Crippen LogP contribution in [0.4, 0.5) is 0 Å². The largest absolute Gasteiger partial charge is 0.365 e. The highest BCUT2D eigenvalue weighted by Crippen LogP contribution is 2.13. The SMILES string of the molecule is Cl.NC(=O)C1=CC=CN=CS1. The summed E-state index contributed by atoms with van der Waals surface area (Å²) in [6.07, 6.45) is 4.92. The van der Waals surface area contributed by atoms with Gasteiger partial charge in [-0.3, -0.25) is 9.79 Å². The van der Waals surface area contributed by atoms with Gasteiger partial charge >= 0.3 is 0 Å². The number of aliphatic imine (C=N–C) groups is 1. The van der Waals surface area contributed by atoms with E-state index in [0.717, 1.165) is 0 Å². The van der Waals surface area contributed by atoms with Crippen molar-refractivity contribution in [2.24, 2.45) is 10.7 Å². The van der Waals surface area contributed by atoms with Gasteiger partial charge in [0.25, 0.3) is 5.91 Å². The Morgan fingerprint density at radius 2 is 2.36 bits per heavy atom. The van der Waals surface area contributed by atoms with Crippen molar-refractivity contribution in [3.05, 3.63) is 23.3 Å². The van der Waals surface area contributed by atoms with E-state index in [0.29, 0.717) is 4.91 Å². The first kappa shape index (κ1) is 10.3. The number of halogens is 1. The van der Waals surface area contributed by atoms with Crippen LogP contribution in [0.1, 0.15) is 0 Å². The molecule has 2 N–H and O–H groups in total. The molecule has 0 saturated carbocycles. The summed E-state index contributed by atoms with van der Waals surface area (Å²) < 4.78 is 0. The summed E-state index contributed by atoms with van der Waals surface area (Å²) in [5.41, 5.74) is 6.58. The topological polar surface area (TPSA) is 55.5 Å². The number of hydrogen-bond donors (Lipinski definition) is 1. The molecule has 1 rings (SSSR count). The van der Waals surface area contributed by atoms with Crippen LogP contribution in [-0.2, 0) is 4.79 Å². The van der Waals surface area contributed by atoms with Crippen molar-refractivity contribution in [2.45, 2.75) is 0 Å². The van der Waals surface area contributed by atoms with Crippen molar-refractivity contribution in [3.63, 3.8) is 0 Å². The zero-order valence-corrected chi connectivity index (χ0v) is 7.19. The number of nitrogens with two attached hydrogens (primary N) is 1. The highest BCUT2D eigenvalue weighted by Gasteiger charge is 2.02. The lowest BCUT2D eigenvalue weighted by Crippen LogP contribution is -2.11. The van der Waals surface area contributed by atoms with Crippen molar-refractivity contribution in [1.29, 1.82) is 0 Å². The molecule has 0 aromatic carbocycles. The quantitative estimate of drug-likeness (QED) is 0.673. The molecule has 3 nitrogen and oxygen atoms in total. The Morgan fingerprint density at radius 3 is 3.00 bits per heavy atom. The summed E-state index contributed by atoms with van der Waals surface area (Å²) >= 11 is 1.22. The van der Waals surface area contributed by atoms with Crippen LogP contribution in [0.2, 0.25) is 0 Å². The van der Waals surface area contributed by atoms with E-state index >= 15 is 0 Å². The van der Waals surface area contributed by atoms with E-state index in [4.69, 9.17) is 5.73 Å². The number of nitrogens with zero attached hydrogens (tertiary/aromatic N) is 1. The molecule has 0 aromatic heterocycles. The first-order valence-electron chi connectivity index (χ1n) is 2.65. The molecule has 0 atom stereocenters. The van der Waals surface area contributed by atoms with E-state index in [1.54, 1.807) is 23.9 Å². The predicted octanol–water partition coefficient (Wildman–Crippen LogP) is 1.07. The van der Waals surface area contributed by atoms with E-state index in [2.05, 4.69) is 4.99 Å². The summed E-state index contributed by atoms with van der Waals surface area (Å²) in [6, 6.07) is 0. The molecule has 0 radical (unpaired) electrons. The van der Waals surface area contributed by atoms with Crippen LogP contribution < -0.4 is 5.73 Å². The molecule has 0 unspecified atom stereocenters. The van der Waals surface area contributed by atoms with Crippen molar-refractivity contribution in [2.75, 3.05) is 0 Å². The minimum absolute atomic E-state index is 0. The molecule has 0 aromatic rings. The van der Waals surface area contributed by atoms with Gasteiger partial charge in [-0.25, -0.2) is 0 Å². The van der Waals surface area contributed by atoms with Crippen molar-refractivity contribution in [3.8, 4) is 0 Å². The van der Waals surface area contributed by atoms with Crippen LogP contribution >= 0.6 is 24.2 Å². The first-order valence-corrected chi connectivity index (χ1v) is 3.53. The third-order valence-corrected chi connectivity index (χ3v) is 1.72. The number of carbonyl (C=O) groups excluding carboxylic acids is 1. The molecule has 1 aliphatic heterocycles. The number of rotatable bonds is 1. The van der Waals surface area contributed by atoms with Crippen molar-refractivity contribution < 1.29 is 4.79 Å². The molecule has 11 heavy (non-hydrogen) atoms. The highest BCUT2D eigenvalue weighted by atomic mass is 35.5. The van der Waals surface area contributed by atoms with Crippen LogP contribution in [0.25, 0.3) is 0 Å². The zero-order chi connectivity index (χ0) is 7.40.